The summed E-state index contributed by atoms with van der Waals surface area (Å²) in [5.41, 5.74) is 0. The Balaban J connectivity index is 3.00. The summed E-state index contributed by atoms with van der Waals surface area (Å²) >= 11 is 0. The van der Waals surface area contributed by atoms with Crippen LogP contribution in [0.4, 0.5) is 22.0 Å². The SMILES string of the molecule is CCN1C=NN(CC)C1C(F)(F)C(F)(F)F. The third kappa shape index (κ3) is 1.92. The van der Waals surface area contributed by atoms with Crippen molar-refractivity contribution in [1.29, 1.82) is 0 Å². The van der Waals surface area contributed by atoms with Gasteiger partial charge in [-0.3, -0.25) is 5.01 Å². The van der Waals surface area contributed by atoms with E-state index in [0.29, 0.717) is 0 Å². The molecule has 0 aliphatic carbocycles. The standard InChI is InChI=1S/C8H12F5N3/c1-3-15-5-14-16(4-2)6(15)7(9,10)8(11,12)13/h5-6H,3-4H2,1-2H3. The molecular formula is C8H12F5N3. The van der Waals surface area contributed by atoms with Gasteiger partial charge in [0.05, 0.1) is 0 Å². The molecule has 0 bridgehead atoms. The molecule has 94 valence electrons. The van der Waals surface area contributed by atoms with Crippen LogP contribution in [-0.2, 0) is 0 Å². The monoisotopic (exact) mass is 245 g/mol. The Hall–Kier alpha value is -1.08. The molecule has 0 saturated carbocycles. The summed E-state index contributed by atoms with van der Waals surface area (Å²) in [6.45, 7) is 2.99. The maximum Gasteiger partial charge on any atom is 0.457 e. The maximum atomic E-state index is 13.2. The number of halogens is 5. The van der Waals surface area contributed by atoms with Gasteiger partial charge in [0.25, 0.3) is 0 Å². The zero-order chi connectivity index (χ0) is 12.6. The molecule has 0 fully saturated rings. The average molecular weight is 245 g/mol. The van der Waals surface area contributed by atoms with Gasteiger partial charge < -0.3 is 4.90 Å². The van der Waals surface area contributed by atoms with Gasteiger partial charge in [0.2, 0.25) is 0 Å². The van der Waals surface area contributed by atoms with Gasteiger partial charge in [0.1, 0.15) is 6.34 Å². The number of rotatable bonds is 3. The summed E-state index contributed by atoms with van der Waals surface area (Å²) in [6.07, 6.45) is -6.65. The van der Waals surface area contributed by atoms with Crippen molar-refractivity contribution >= 4 is 6.34 Å². The lowest BCUT2D eigenvalue weighted by Crippen LogP contribution is -2.58. The fourth-order valence-corrected chi connectivity index (χ4v) is 1.48. The molecule has 0 spiro atoms. The molecule has 0 radical (unpaired) electrons. The van der Waals surface area contributed by atoms with E-state index in [-0.39, 0.29) is 13.1 Å². The minimum Gasteiger partial charge on any atom is -0.334 e. The van der Waals surface area contributed by atoms with E-state index in [2.05, 4.69) is 5.10 Å². The van der Waals surface area contributed by atoms with Crippen molar-refractivity contribution in [3.63, 3.8) is 0 Å². The molecule has 0 N–H and O–H groups in total. The minimum absolute atomic E-state index is 0.0106. The van der Waals surface area contributed by atoms with Gasteiger partial charge in [-0.2, -0.15) is 27.1 Å². The summed E-state index contributed by atoms with van der Waals surface area (Å²) in [5, 5.41) is 4.26. The Kier molecular flexibility index (Phi) is 3.30. The highest BCUT2D eigenvalue weighted by molar-refractivity contribution is 5.57. The molecule has 16 heavy (non-hydrogen) atoms. The highest BCUT2D eigenvalue weighted by Gasteiger charge is 2.66. The topological polar surface area (TPSA) is 18.8 Å². The van der Waals surface area contributed by atoms with Crippen molar-refractivity contribution in [3.8, 4) is 0 Å². The van der Waals surface area contributed by atoms with Crippen molar-refractivity contribution in [1.82, 2.24) is 9.91 Å². The van der Waals surface area contributed by atoms with Crippen LogP contribution in [0.2, 0.25) is 0 Å². The lowest BCUT2D eigenvalue weighted by atomic mass is 10.2. The van der Waals surface area contributed by atoms with Gasteiger partial charge in [0.15, 0.2) is 6.17 Å². The number of alkyl halides is 5. The summed E-state index contributed by atoms with van der Waals surface area (Å²) < 4.78 is 63.2. The first-order chi connectivity index (χ1) is 7.25. The van der Waals surface area contributed by atoms with Crippen molar-refractivity contribution in [2.45, 2.75) is 32.1 Å². The normalized spacial score (nSPS) is 22.1. The quantitative estimate of drug-likeness (QED) is 0.709. The van der Waals surface area contributed by atoms with E-state index in [0.717, 1.165) is 16.2 Å². The molecule has 1 rings (SSSR count). The fraction of sp³-hybridized carbons (Fsp3) is 0.875. The molecule has 0 aromatic carbocycles. The second-order valence-corrected chi connectivity index (χ2v) is 3.31. The van der Waals surface area contributed by atoms with Crippen LogP contribution in [0.25, 0.3) is 0 Å². The molecule has 0 amide bonds. The average Bonchev–Trinajstić information content (AvgIpc) is 2.58. The van der Waals surface area contributed by atoms with E-state index in [1.165, 1.54) is 13.8 Å². The Labute approximate surface area is 89.5 Å². The minimum atomic E-state index is -5.58. The Morgan fingerprint density at radius 3 is 2.06 bits per heavy atom. The first-order valence-corrected chi connectivity index (χ1v) is 4.76. The highest BCUT2D eigenvalue weighted by Crippen LogP contribution is 2.42. The van der Waals surface area contributed by atoms with Crippen molar-refractivity contribution in [3.05, 3.63) is 0 Å². The number of hydrogen-bond donors (Lipinski definition) is 0. The van der Waals surface area contributed by atoms with E-state index in [9.17, 15) is 22.0 Å². The van der Waals surface area contributed by atoms with E-state index >= 15 is 0 Å². The van der Waals surface area contributed by atoms with Crippen LogP contribution in [0.15, 0.2) is 5.10 Å². The van der Waals surface area contributed by atoms with E-state index in [4.69, 9.17) is 0 Å². The van der Waals surface area contributed by atoms with Crippen molar-refractivity contribution in [2.24, 2.45) is 5.10 Å². The Bertz CT molecular complexity index is 261. The zero-order valence-corrected chi connectivity index (χ0v) is 8.80. The summed E-state index contributed by atoms with van der Waals surface area (Å²) in [6, 6.07) is 0. The predicted octanol–water partition coefficient (Wildman–Crippen LogP) is 2.11. The maximum absolute atomic E-state index is 13.2. The molecule has 1 aliphatic heterocycles. The van der Waals surface area contributed by atoms with Crippen LogP contribution in [0, 0.1) is 0 Å². The second-order valence-electron chi connectivity index (χ2n) is 3.31. The molecule has 1 aliphatic rings. The first kappa shape index (κ1) is 13.0. The molecule has 1 atom stereocenters. The molecule has 0 aromatic rings. The molecule has 8 heteroatoms. The molecule has 1 heterocycles. The third-order valence-electron chi connectivity index (χ3n) is 2.34. The third-order valence-corrected chi connectivity index (χ3v) is 2.34. The summed E-state index contributed by atoms with van der Waals surface area (Å²) in [4.78, 5) is 0.872. The van der Waals surface area contributed by atoms with Crippen LogP contribution < -0.4 is 0 Å². The first-order valence-electron chi connectivity index (χ1n) is 4.76. The lowest BCUT2D eigenvalue weighted by molar-refractivity contribution is -0.313. The van der Waals surface area contributed by atoms with E-state index in [1.807, 2.05) is 0 Å². The zero-order valence-electron chi connectivity index (χ0n) is 8.80. The van der Waals surface area contributed by atoms with E-state index in [1.54, 1.807) is 0 Å². The molecule has 3 nitrogen and oxygen atoms in total. The number of hydrazone groups is 1. The lowest BCUT2D eigenvalue weighted by Gasteiger charge is -2.35. The van der Waals surface area contributed by atoms with Crippen LogP contribution in [0.1, 0.15) is 13.8 Å². The van der Waals surface area contributed by atoms with Gasteiger partial charge in [-0.15, -0.1) is 0 Å². The number of hydrogen-bond acceptors (Lipinski definition) is 3. The van der Waals surface area contributed by atoms with Crippen molar-refractivity contribution < 1.29 is 22.0 Å². The van der Waals surface area contributed by atoms with Crippen LogP contribution in [0.3, 0.4) is 0 Å². The largest absolute Gasteiger partial charge is 0.457 e. The van der Waals surface area contributed by atoms with Crippen molar-refractivity contribution in [2.75, 3.05) is 13.1 Å². The predicted molar refractivity (Wildman–Crippen MR) is 48.0 cm³/mol. The van der Waals surface area contributed by atoms with Crippen LogP contribution >= 0.6 is 0 Å². The van der Waals surface area contributed by atoms with Gasteiger partial charge in [-0.25, -0.2) is 0 Å². The Morgan fingerprint density at radius 2 is 1.69 bits per heavy atom. The van der Waals surface area contributed by atoms with Gasteiger partial charge in [-0.05, 0) is 13.8 Å². The van der Waals surface area contributed by atoms with Crippen LogP contribution in [-0.4, -0.2) is 47.6 Å². The summed E-state index contributed by atoms with van der Waals surface area (Å²) in [5.74, 6) is -4.81. The number of nitrogens with zero attached hydrogens (tertiary/aromatic N) is 3. The molecular weight excluding hydrogens is 233 g/mol. The molecule has 0 aromatic heterocycles. The second kappa shape index (κ2) is 4.06. The van der Waals surface area contributed by atoms with Crippen LogP contribution in [0.5, 0.6) is 0 Å². The summed E-state index contributed by atoms with van der Waals surface area (Å²) in [7, 11) is 0. The fourth-order valence-electron chi connectivity index (χ4n) is 1.48. The van der Waals surface area contributed by atoms with Gasteiger partial charge >= 0.3 is 12.1 Å². The van der Waals surface area contributed by atoms with Gasteiger partial charge in [0, 0.05) is 13.1 Å². The van der Waals surface area contributed by atoms with E-state index < -0.39 is 18.3 Å². The molecule has 1 unspecified atom stereocenters. The Morgan fingerprint density at radius 1 is 1.12 bits per heavy atom. The smallest absolute Gasteiger partial charge is 0.334 e. The molecule has 0 saturated heterocycles. The highest BCUT2D eigenvalue weighted by atomic mass is 19.4. The van der Waals surface area contributed by atoms with Gasteiger partial charge in [-0.1, -0.05) is 0 Å².